The molecule has 1 aromatic rings. The summed E-state index contributed by atoms with van der Waals surface area (Å²) in [7, 11) is 1.80. The molecule has 1 aliphatic rings. The molecular formula is C18H30ClIN4O. The number of rotatable bonds is 6. The topological polar surface area (TPSA) is 48.9 Å². The number of nitrogens with zero attached hydrogens (tertiary/aromatic N) is 2. The SMILES string of the molecule is CN=C(NCCOc1ccccc1Cl)NC1CCN(C(C)C)CC1.I. The van der Waals surface area contributed by atoms with E-state index in [-0.39, 0.29) is 24.0 Å². The second kappa shape index (κ2) is 11.8. The molecule has 1 fully saturated rings. The van der Waals surface area contributed by atoms with E-state index in [1.165, 1.54) is 0 Å². The fourth-order valence-electron chi connectivity index (χ4n) is 2.84. The number of aliphatic imine (C=N–C) groups is 1. The molecule has 0 aliphatic carbocycles. The smallest absolute Gasteiger partial charge is 0.191 e. The number of guanidine groups is 1. The molecule has 1 aromatic carbocycles. The molecule has 25 heavy (non-hydrogen) atoms. The van der Waals surface area contributed by atoms with Crippen LogP contribution in [0.4, 0.5) is 0 Å². The summed E-state index contributed by atoms with van der Waals surface area (Å²) >= 11 is 6.07. The van der Waals surface area contributed by atoms with E-state index in [4.69, 9.17) is 16.3 Å². The minimum atomic E-state index is 0. The van der Waals surface area contributed by atoms with Gasteiger partial charge in [-0.15, -0.1) is 24.0 Å². The number of ether oxygens (including phenoxy) is 1. The third-order valence-electron chi connectivity index (χ3n) is 4.31. The van der Waals surface area contributed by atoms with Crippen molar-refractivity contribution < 1.29 is 4.74 Å². The molecular weight excluding hydrogens is 451 g/mol. The summed E-state index contributed by atoms with van der Waals surface area (Å²) in [6.45, 7) is 8.01. The predicted molar refractivity (Wildman–Crippen MR) is 117 cm³/mol. The van der Waals surface area contributed by atoms with Gasteiger partial charge in [-0.2, -0.15) is 0 Å². The van der Waals surface area contributed by atoms with Crippen LogP contribution in [0.5, 0.6) is 5.75 Å². The summed E-state index contributed by atoms with van der Waals surface area (Å²) < 4.78 is 5.68. The van der Waals surface area contributed by atoms with E-state index in [1.54, 1.807) is 7.05 Å². The van der Waals surface area contributed by atoms with Gasteiger partial charge in [0.05, 0.1) is 11.6 Å². The van der Waals surface area contributed by atoms with Gasteiger partial charge in [-0.05, 0) is 38.8 Å². The van der Waals surface area contributed by atoms with Crippen molar-refractivity contribution in [2.45, 2.75) is 38.8 Å². The van der Waals surface area contributed by atoms with E-state index in [0.29, 0.717) is 36.0 Å². The van der Waals surface area contributed by atoms with Gasteiger partial charge in [0.15, 0.2) is 5.96 Å². The normalized spacial score (nSPS) is 16.4. The van der Waals surface area contributed by atoms with Crippen LogP contribution >= 0.6 is 35.6 Å². The largest absolute Gasteiger partial charge is 0.490 e. The Bertz CT molecular complexity index is 534. The Kier molecular flexibility index (Phi) is 10.5. The number of nitrogens with one attached hydrogen (secondary N) is 2. The highest BCUT2D eigenvalue weighted by Gasteiger charge is 2.21. The van der Waals surface area contributed by atoms with Crippen molar-refractivity contribution in [3.63, 3.8) is 0 Å². The molecule has 0 spiro atoms. The molecule has 0 atom stereocenters. The second-order valence-corrected chi connectivity index (χ2v) is 6.73. The van der Waals surface area contributed by atoms with Gasteiger partial charge in [0.2, 0.25) is 0 Å². The Labute approximate surface area is 173 Å². The zero-order valence-electron chi connectivity index (χ0n) is 15.3. The van der Waals surface area contributed by atoms with Crippen molar-refractivity contribution in [2.24, 2.45) is 4.99 Å². The molecule has 0 bridgehead atoms. The number of benzene rings is 1. The van der Waals surface area contributed by atoms with Gasteiger partial charge >= 0.3 is 0 Å². The first-order valence-corrected chi connectivity index (χ1v) is 9.06. The Morgan fingerprint density at radius 3 is 2.60 bits per heavy atom. The van der Waals surface area contributed by atoms with E-state index in [2.05, 4.69) is 34.4 Å². The van der Waals surface area contributed by atoms with Crippen LogP contribution in [-0.4, -0.2) is 56.2 Å². The highest BCUT2D eigenvalue weighted by atomic mass is 127. The highest BCUT2D eigenvalue weighted by Crippen LogP contribution is 2.22. The van der Waals surface area contributed by atoms with E-state index < -0.39 is 0 Å². The molecule has 0 unspecified atom stereocenters. The summed E-state index contributed by atoms with van der Waals surface area (Å²) in [4.78, 5) is 6.82. The number of likely N-dealkylation sites (tertiary alicyclic amines) is 1. The Morgan fingerprint density at radius 2 is 2.00 bits per heavy atom. The predicted octanol–water partition coefficient (Wildman–Crippen LogP) is 3.37. The van der Waals surface area contributed by atoms with Crippen LogP contribution in [0.15, 0.2) is 29.3 Å². The molecule has 7 heteroatoms. The van der Waals surface area contributed by atoms with Crippen LogP contribution in [0, 0.1) is 0 Å². The summed E-state index contributed by atoms with van der Waals surface area (Å²) in [5.74, 6) is 1.55. The number of halogens is 2. The van der Waals surface area contributed by atoms with Gasteiger partial charge < -0.3 is 20.3 Å². The third kappa shape index (κ3) is 7.58. The molecule has 0 amide bonds. The molecule has 0 aromatic heterocycles. The van der Waals surface area contributed by atoms with E-state index in [1.807, 2.05) is 24.3 Å². The zero-order chi connectivity index (χ0) is 17.4. The maximum Gasteiger partial charge on any atom is 0.191 e. The molecule has 2 rings (SSSR count). The van der Waals surface area contributed by atoms with Crippen molar-refractivity contribution in [1.82, 2.24) is 15.5 Å². The Balaban J connectivity index is 0.00000312. The summed E-state index contributed by atoms with van der Waals surface area (Å²) in [6.07, 6.45) is 2.30. The van der Waals surface area contributed by atoms with Crippen molar-refractivity contribution in [3.05, 3.63) is 29.3 Å². The van der Waals surface area contributed by atoms with Gasteiger partial charge in [0.25, 0.3) is 0 Å². The first kappa shape index (κ1) is 22.3. The lowest BCUT2D eigenvalue weighted by molar-refractivity contribution is 0.167. The van der Waals surface area contributed by atoms with E-state index in [0.717, 1.165) is 31.9 Å². The van der Waals surface area contributed by atoms with Crippen molar-refractivity contribution in [1.29, 1.82) is 0 Å². The molecule has 142 valence electrons. The maximum atomic E-state index is 6.07. The van der Waals surface area contributed by atoms with E-state index in [9.17, 15) is 0 Å². The van der Waals surface area contributed by atoms with Crippen LogP contribution in [-0.2, 0) is 0 Å². The molecule has 1 aliphatic heterocycles. The zero-order valence-corrected chi connectivity index (χ0v) is 18.4. The number of hydrogen-bond donors (Lipinski definition) is 2. The van der Waals surface area contributed by atoms with Gasteiger partial charge in [-0.1, -0.05) is 23.7 Å². The lowest BCUT2D eigenvalue weighted by Crippen LogP contribution is -2.50. The minimum Gasteiger partial charge on any atom is -0.490 e. The molecule has 1 saturated heterocycles. The summed E-state index contributed by atoms with van der Waals surface area (Å²) in [5, 5.41) is 7.44. The summed E-state index contributed by atoms with van der Waals surface area (Å²) in [5.41, 5.74) is 0. The lowest BCUT2D eigenvalue weighted by atomic mass is 10.0. The molecule has 1 heterocycles. The third-order valence-corrected chi connectivity index (χ3v) is 4.63. The summed E-state index contributed by atoms with van der Waals surface area (Å²) in [6, 6.07) is 8.62. The standard InChI is InChI=1S/C18H29ClN4O.HI/c1-14(2)23-11-8-15(9-12-23)22-18(20-3)21-10-13-24-17-7-5-4-6-16(17)19;/h4-7,14-15H,8-13H2,1-3H3,(H2,20,21,22);1H. The van der Waals surface area contributed by atoms with Crippen molar-refractivity contribution >= 4 is 41.5 Å². The molecule has 0 radical (unpaired) electrons. The minimum absolute atomic E-state index is 0. The molecule has 2 N–H and O–H groups in total. The average Bonchev–Trinajstić information content (AvgIpc) is 2.59. The monoisotopic (exact) mass is 480 g/mol. The van der Waals surface area contributed by atoms with Crippen LogP contribution in [0.3, 0.4) is 0 Å². The van der Waals surface area contributed by atoms with Crippen LogP contribution in [0.2, 0.25) is 5.02 Å². The number of piperidine rings is 1. The highest BCUT2D eigenvalue weighted by molar-refractivity contribution is 14.0. The Morgan fingerprint density at radius 1 is 1.32 bits per heavy atom. The van der Waals surface area contributed by atoms with Gasteiger partial charge in [-0.25, -0.2) is 0 Å². The quantitative estimate of drug-likeness (QED) is 0.284. The van der Waals surface area contributed by atoms with Crippen molar-refractivity contribution in [3.8, 4) is 5.75 Å². The fourth-order valence-corrected chi connectivity index (χ4v) is 3.03. The van der Waals surface area contributed by atoms with E-state index >= 15 is 0 Å². The lowest BCUT2D eigenvalue weighted by Gasteiger charge is -2.35. The molecule has 5 nitrogen and oxygen atoms in total. The van der Waals surface area contributed by atoms with Gasteiger partial charge in [0, 0.05) is 32.2 Å². The fraction of sp³-hybridized carbons (Fsp3) is 0.611. The van der Waals surface area contributed by atoms with Gasteiger partial charge in [0.1, 0.15) is 12.4 Å². The van der Waals surface area contributed by atoms with Crippen LogP contribution < -0.4 is 15.4 Å². The van der Waals surface area contributed by atoms with Crippen molar-refractivity contribution in [2.75, 3.05) is 33.3 Å². The number of hydrogen-bond acceptors (Lipinski definition) is 3. The van der Waals surface area contributed by atoms with Crippen LogP contribution in [0.1, 0.15) is 26.7 Å². The molecule has 0 saturated carbocycles. The first-order chi connectivity index (χ1) is 11.6. The Hall–Kier alpha value is -0.730. The first-order valence-electron chi connectivity index (χ1n) is 8.68. The van der Waals surface area contributed by atoms with Crippen LogP contribution in [0.25, 0.3) is 0 Å². The average molecular weight is 481 g/mol. The van der Waals surface area contributed by atoms with Gasteiger partial charge in [-0.3, -0.25) is 4.99 Å². The number of para-hydroxylation sites is 1. The maximum absolute atomic E-state index is 6.07. The second-order valence-electron chi connectivity index (χ2n) is 6.33.